The van der Waals surface area contributed by atoms with Gasteiger partial charge in [-0.3, -0.25) is 4.79 Å². The Hall–Kier alpha value is -2.52. The molecule has 0 heterocycles. The fourth-order valence-corrected chi connectivity index (χ4v) is 3.28. The zero-order valence-corrected chi connectivity index (χ0v) is 15.7. The summed E-state index contributed by atoms with van der Waals surface area (Å²) in [5, 5.41) is 0.688. The average molecular weight is 369 g/mol. The van der Waals surface area contributed by atoms with Crippen LogP contribution in [0.2, 0.25) is 5.02 Å². The second-order valence-corrected chi connectivity index (χ2v) is 6.59. The van der Waals surface area contributed by atoms with E-state index in [1.165, 1.54) is 0 Å². The quantitative estimate of drug-likeness (QED) is 0.661. The van der Waals surface area contributed by atoms with Crippen molar-refractivity contribution in [3.63, 3.8) is 0 Å². The predicted molar refractivity (Wildman–Crippen MR) is 106 cm³/mol. The van der Waals surface area contributed by atoms with Crippen molar-refractivity contribution in [1.29, 1.82) is 0 Å². The molecule has 1 aliphatic carbocycles. The van der Waals surface area contributed by atoms with Crippen molar-refractivity contribution < 1.29 is 14.3 Å². The topological polar surface area (TPSA) is 35.5 Å². The summed E-state index contributed by atoms with van der Waals surface area (Å²) < 4.78 is 10.8. The van der Waals surface area contributed by atoms with Gasteiger partial charge < -0.3 is 9.47 Å². The van der Waals surface area contributed by atoms with E-state index < -0.39 is 0 Å². The highest BCUT2D eigenvalue weighted by Gasteiger charge is 2.21. The summed E-state index contributed by atoms with van der Waals surface area (Å²) in [5.41, 5.74) is 3.45. The van der Waals surface area contributed by atoms with E-state index in [-0.39, 0.29) is 5.78 Å². The van der Waals surface area contributed by atoms with Crippen LogP contribution in [0.4, 0.5) is 0 Å². The molecule has 134 valence electrons. The maximum Gasteiger partial charge on any atom is 0.185 e. The lowest BCUT2D eigenvalue weighted by Crippen LogP contribution is -2.12. The number of benzene rings is 2. The van der Waals surface area contributed by atoms with E-state index in [4.69, 9.17) is 21.1 Å². The second kappa shape index (κ2) is 8.24. The minimum absolute atomic E-state index is 0.0936. The van der Waals surface area contributed by atoms with Gasteiger partial charge in [-0.05, 0) is 55.2 Å². The van der Waals surface area contributed by atoms with E-state index in [0.717, 1.165) is 41.5 Å². The fraction of sp³-hybridized carbons (Fsp3) is 0.227. The second-order valence-electron chi connectivity index (χ2n) is 6.16. The van der Waals surface area contributed by atoms with E-state index in [9.17, 15) is 4.79 Å². The predicted octanol–water partition coefficient (Wildman–Crippen LogP) is 5.58. The van der Waals surface area contributed by atoms with Gasteiger partial charge in [-0.15, -0.1) is 0 Å². The van der Waals surface area contributed by atoms with E-state index in [0.29, 0.717) is 16.5 Å². The van der Waals surface area contributed by atoms with Crippen LogP contribution in [0.25, 0.3) is 12.2 Å². The molecule has 0 amide bonds. The number of para-hydroxylation sites is 1. The van der Waals surface area contributed by atoms with Crippen LogP contribution in [0, 0.1) is 0 Å². The molecule has 4 heteroatoms. The van der Waals surface area contributed by atoms with Crippen LogP contribution >= 0.6 is 11.6 Å². The van der Waals surface area contributed by atoms with Crippen LogP contribution in [0.5, 0.6) is 11.5 Å². The number of hydrogen-bond donors (Lipinski definition) is 0. The zero-order valence-electron chi connectivity index (χ0n) is 14.9. The summed E-state index contributed by atoms with van der Waals surface area (Å²) in [6, 6.07) is 13.2. The van der Waals surface area contributed by atoms with Gasteiger partial charge in [-0.1, -0.05) is 35.9 Å². The molecule has 3 rings (SSSR count). The SMILES string of the molecule is COc1cccc(/C=C2\CCC/C(=C\c3ccc(Cl)cc3)C2=O)c1OC. The fourth-order valence-electron chi connectivity index (χ4n) is 3.15. The molecule has 0 aromatic heterocycles. The normalized spacial score (nSPS) is 17.6. The van der Waals surface area contributed by atoms with Crippen molar-refractivity contribution in [3.8, 4) is 11.5 Å². The third-order valence-electron chi connectivity index (χ3n) is 4.45. The maximum atomic E-state index is 12.9. The first-order valence-corrected chi connectivity index (χ1v) is 8.92. The van der Waals surface area contributed by atoms with Crippen molar-refractivity contribution in [2.45, 2.75) is 19.3 Å². The highest BCUT2D eigenvalue weighted by molar-refractivity contribution is 6.30. The Morgan fingerprint density at radius 3 is 2.27 bits per heavy atom. The summed E-state index contributed by atoms with van der Waals surface area (Å²) in [4.78, 5) is 12.9. The molecule has 2 aromatic rings. The third-order valence-corrected chi connectivity index (χ3v) is 4.70. The highest BCUT2D eigenvalue weighted by Crippen LogP contribution is 2.34. The van der Waals surface area contributed by atoms with Gasteiger partial charge in [-0.25, -0.2) is 0 Å². The zero-order chi connectivity index (χ0) is 18.5. The van der Waals surface area contributed by atoms with Gasteiger partial charge in [0.2, 0.25) is 0 Å². The first-order valence-electron chi connectivity index (χ1n) is 8.55. The summed E-state index contributed by atoms with van der Waals surface area (Å²) in [7, 11) is 3.21. The van der Waals surface area contributed by atoms with Crippen LogP contribution in [0.15, 0.2) is 53.6 Å². The van der Waals surface area contributed by atoms with Crippen molar-refractivity contribution in [3.05, 3.63) is 69.8 Å². The molecule has 1 fully saturated rings. The van der Waals surface area contributed by atoms with Crippen molar-refractivity contribution in [2.24, 2.45) is 0 Å². The molecule has 0 unspecified atom stereocenters. The van der Waals surface area contributed by atoms with Gasteiger partial charge in [0.05, 0.1) is 14.2 Å². The number of ketones is 1. The number of rotatable bonds is 4. The Labute approximate surface area is 158 Å². The first-order chi connectivity index (χ1) is 12.6. The average Bonchev–Trinajstić information content (AvgIpc) is 2.66. The molecule has 1 aliphatic rings. The number of halogens is 1. The number of carbonyl (C=O) groups excluding carboxylic acids is 1. The van der Waals surface area contributed by atoms with Gasteiger partial charge in [0, 0.05) is 21.7 Å². The standard InChI is InChI=1S/C22H21ClO3/c1-25-20-8-4-7-18(22(20)26-2)14-17-6-3-5-16(21(17)24)13-15-9-11-19(23)12-10-15/h4,7-14H,3,5-6H2,1-2H3/b16-13+,17-14+. The number of hydrogen-bond acceptors (Lipinski definition) is 3. The molecule has 0 atom stereocenters. The van der Waals surface area contributed by atoms with Crippen LogP contribution < -0.4 is 9.47 Å². The monoisotopic (exact) mass is 368 g/mol. The molecule has 26 heavy (non-hydrogen) atoms. The van der Waals surface area contributed by atoms with Crippen LogP contribution in [0.1, 0.15) is 30.4 Å². The van der Waals surface area contributed by atoms with E-state index in [2.05, 4.69) is 0 Å². The van der Waals surface area contributed by atoms with Gasteiger partial charge in [0.25, 0.3) is 0 Å². The van der Waals surface area contributed by atoms with Gasteiger partial charge in [0.15, 0.2) is 17.3 Å². The summed E-state index contributed by atoms with van der Waals surface area (Å²) >= 11 is 5.93. The van der Waals surface area contributed by atoms with Crippen molar-refractivity contribution in [1.82, 2.24) is 0 Å². The van der Waals surface area contributed by atoms with E-state index >= 15 is 0 Å². The maximum absolute atomic E-state index is 12.9. The molecular formula is C22H21ClO3. The lowest BCUT2D eigenvalue weighted by Gasteiger charge is -2.17. The molecule has 0 aliphatic heterocycles. The molecular weight excluding hydrogens is 348 g/mol. The molecule has 0 saturated heterocycles. The number of Topliss-reactive ketones (excluding diaryl/α,β-unsaturated/α-hetero) is 1. The van der Waals surface area contributed by atoms with Gasteiger partial charge >= 0.3 is 0 Å². The van der Waals surface area contributed by atoms with Crippen LogP contribution in [-0.4, -0.2) is 20.0 Å². The van der Waals surface area contributed by atoms with Gasteiger partial charge in [-0.2, -0.15) is 0 Å². The Kier molecular flexibility index (Phi) is 5.79. The van der Waals surface area contributed by atoms with E-state index in [1.807, 2.05) is 54.6 Å². The molecule has 0 radical (unpaired) electrons. The van der Waals surface area contributed by atoms with Crippen LogP contribution in [-0.2, 0) is 4.79 Å². The lowest BCUT2D eigenvalue weighted by molar-refractivity contribution is -0.112. The molecule has 3 nitrogen and oxygen atoms in total. The molecule has 1 saturated carbocycles. The van der Waals surface area contributed by atoms with E-state index in [1.54, 1.807) is 14.2 Å². The minimum atomic E-state index is 0.0936. The molecule has 0 spiro atoms. The summed E-state index contributed by atoms with van der Waals surface area (Å²) in [6.07, 6.45) is 6.36. The number of ether oxygens (including phenoxy) is 2. The Morgan fingerprint density at radius 2 is 1.62 bits per heavy atom. The molecule has 2 aromatic carbocycles. The minimum Gasteiger partial charge on any atom is -0.493 e. The largest absolute Gasteiger partial charge is 0.493 e. The Bertz CT molecular complexity index is 863. The third kappa shape index (κ3) is 4.00. The number of methoxy groups -OCH3 is 2. The number of carbonyl (C=O) groups is 1. The first kappa shape index (κ1) is 18.3. The highest BCUT2D eigenvalue weighted by atomic mass is 35.5. The van der Waals surface area contributed by atoms with Crippen molar-refractivity contribution in [2.75, 3.05) is 14.2 Å². The van der Waals surface area contributed by atoms with Crippen LogP contribution in [0.3, 0.4) is 0 Å². The van der Waals surface area contributed by atoms with Gasteiger partial charge in [0.1, 0.15) is 0 Å². The Balaban J connectivity index is 1.93. The Morgan fingerprint density at radius 1 is 0.923 bits per heavy atom. The smallest absolute Gasteiger partial charge is 0.185 e. The molecule has 0 N–H and O–H groups in total. The lowest BCUT2D eigenvalue weighted by atomic mass is 9.86. The number of allylic oxidation sites excluding steroid dienone is 2. The summed E-state index contributed by atoms with van der Waals surface area (Å²) in [6.45, 7) is 0. The molecule has 0 bridgehead atoms. The van der Waals surface area contributed by atoms with Crippen molar-refractivity contribution >= 4 is 29.5 Å². The summed E-state index contributed by atoms with van der Waals surface area (Å²) in [5.74, 6) is 1.39.